The molecule has 0 aliphatic rings. The molecule has 4 nitrogen and oxygen atoms in total. The van der Waals surface area contributed by atoms with Crippen LogP contribution in [0, 0.1) is 5.92 Å². The first-order valence-corrected chi connectivity index (χ1v) is 7.80. The zero-order chi connectivity index (χ0) is 15.0. The summed E-state index contributed by atoms with van der Waals surface area (Å²) < 4.78 is 4.64. The smallest absolute Gasteiger partial charge is 0.305 e. The van der Waals surface area contributed by atoms with Crippen molar-refractivity contribution in [3.63, 3.8) is 0 Å². The molecule has 0 aliphatic heterocycles. The molecule has 0 saturated carbocycles. The number of hydrogen-bond acceptors (Lipinski definition) is 5. The predicted octanol–water partition coefficient (Wildman–Crippen LogP) is 2.89. The van der Waals surface area contributed by atoms with Crippen molar-refractivity contribution in [2.45, 2.75) is 39.2 Å². The average Bonchev–Trinajstić information content (AvgIpc) is 2.95. The third kappa shape index (κ3) is 5.84. The molecule has 112 valence electrons. The Kier molecular flexibility index (Phi) is 7.47. The van der Waals surface area contributed by atoms with Crippen molar-refractivity contribution in [3.8, 4) is 0 Å². The lowest BCUT2D eigenvalue weighted by molar-refractivity contribution is -0.140. The molecule has 1 unspecified atom stereocenters. The van der Waals surface area contributed by atoms with Gasteiger partial charge in [0.1, 0.15) is 0 Å². The fourth-order valence-corrected chi connectivity index (χ4v) is 2.55. The lowest BCUT2D eigenvalue weighted by Gasteiger charge is -2.17. The highest BCUT2D eigenvalue weighted by atomic mass is 32.1. The van der Waals surface area contributed by atoms with E-state index in [1.165, 1.54) is 18.4 Å². The van der Waals surface area contributed by atoms with E-state index in [2.05, 4.69) is 23.9 Å². The van der Waals surface area contributed by atoms with Crippen LogP contribution in [-0.2, 0) is 9.53 Å². The molecule has 5 heteroatoms. The molecule has 1 aromatic heterocycles. The maximum atomic E-state index is 12.4. The number of ether oxygens (including phenoxy) is 1. The van der Waals surface area contributed by atoms with Crippen LogP contribution in [-0.4, -0.2) is 31.4 Å². The molecule has 20 heavy (non-hydrogen) atoms. The van der Waals surface area contributed by atoms with Gasteiger partial charge in [-0.15, -0.1) is 11.3 Å². The molecule has 0 amide bonds. The van der Waals surface area contributed by atoms with E-state index in [9.17, 15) is 9.59 Å². The Balaban J connectivity index is 2.58. The van der Waals surface area contributed by atoms with E-state index in [0.717, 1.165) is 17.8 Å². The first-order chi connectivity index (χ1) is 9.54. The van der Waals surface area contributed by atoms with Crippen molar-refractivity contribution in [1.82, 2.24) is 5.32 Å². The van der Waals surface area contributed by atoms with Gasteiger partial charge in [-0.25, -0.2) is 0 Å². The van der Waals surface area contributed by atoms with Crippen molar-refractivity contribution >= 4 is 23.1 Å². The van der Waals surface area contributed by atoms with Gasteiger partial charge in [0.15, 0.2) is 5.78 Å². The molecule has 1 atom stereocenters. The maximum Gasteiger partial charge on any atom is 0.305 e. The number of methoxy groups -OCH3 is 1. The van der Waals surface area contributed by atoms with Gasteiger partial charge in [0.05, 0.1) is 18.0 Å². The number of rotatable bonds is 9. The summed E-state index contributed by atoms with van der Waals surface area (Å²) in [4.78, 5) is 24.4. The molecule has 0 aliphatic carbocycles. The van der Waals surface area contributed by atoms with Crippen LogP contribution in [0.15, 0.2) is 17.5 Å². The molecule has 1 rings (SSSR count). The summed E-state index contributed by atoms with van der Waals surface area (Å²) in [5, 5.41) is 5.16. The van der Waals surface area contributed by atoms with Crippen LogP contribution in [0.5, 0.6) is 0 Å². The molecule has 0 aromatic carbocycles. The third-order valence-electron chi connectivity index (χ3n) is 3.06. The molecule has 0 radical (unpaired) electrons. The Hall–Kier alpha value is -1.20. The fraction of sp³-hybridized carbons (Fsp3) is 0.600. The van der Waals surface area contributed by atoms with Gasteiger partial charge in [-0.1, -0.05) is 19.9 Å². The van der Waals surface area contributed by atoms with Crippen molar-refractivity contribution in [3.05, 3.63) is 22.4 Å². The number of nitrogens with one attached hydrogen (secondary N) is 1. The van der Waals surface area contributed by atoms with E-state index >= 15 is 0 Å². The van der Waals surface area contributed by atoms with E-state index in [1.807, 2.05) is 17.5 Å². The Bertz CT molecular complexity index is 415. The van der Waals surface area contributed by atoms with E-state index in [4.69, 9.17) is 0 Å². The summed E-state index contributed by atoms with van der Waals surface area (Å²) in [6.45, 7) is 5.07. The molecular weight excluding hydrogens is 274 g/mol. The summed E-state index contributed by atoms with van der Waals surface area (Å²) in [6.07, 6.45) is 1.74. The molecule has 1 aromatic rings. The monoisotopic (exact) mass is 297 g/mol. The van der Waals surface area contributed by atoms with Crippen LogP contribution < -0.4 is 5.32 Å². The largest absolute Gasteiger partial charge is 0.469 e. The number of esters is 1. The summed E-state index contributed by atoms with van der Waals surface area (Å²) in [7, 11) is 1.37. The molecular formula is C15H23NO3S. The van der Waals surface area contributed by atoms with E-state index in [0.29, 0.717) is 12.3 Å². The normalized spacial score (nSPS) is 12.4. The lowest BCUT2D eigenvalue weighted by atomic mass is 10.0. The number of hydrogen-bond donors (Lipinski definition) is 1. The van der Waals surface area contributed by atoms with Crippen molar-refractivity contribution in [1.29, 1.82) is 0 Å². The molecule has 0 saturated heterocycles. The summed E-state index contributed by atoms with van der Waals surface area (Å²) >= 11 is 1.43. The van der Waals surface area contributed by atoms with Crippen molar-refractivity contribution in [2.24, 2.45) is 5.92 Å². The quantitative estimate of drug-likeness (QED) is 0.562. The first-order valence-electron chi connectivity index (χ1n) is 6.92. The summed E-state index contributed by atoms with van der Waals surface area (Å²) in [6, 6.07) is 3.37. The van der Waals surface area contributed by atoms with Gasteiger partial charge in [0.2, 0.25) is 0 Å². The van der Waals surface area contributed by atoms with Gasteiger partial charge in [-0.05, 0) is 36.8 Å². The fourth-order valence-electron chi connectivity index (χ4n) is 1.83. The molecule has 0 spiro atoms. The minimum atomic E-state index is -0.313. The van der Waals surface area contributed by atoms with Crippen molar-refractivity contribution in [2.75, 3.05) is 13.7 Å². The van der Waals surface area contributed by atoms with E-state index in [1.54, 1.807) is 0 Å². The van der Waals surface area contributed by atoms with Crippen LogP contribution in [0.1, 0.15) is 42.8 Å². The standard InChI is InChI=1S/C15H23NO3S/c1-11(2)8-9-16-12(6-7-14(17)19-3)15(18)13-5-4-10-20-13/h4-5,10-12,16H,6-9H2,1-3H3. The molecule has 1 heterocycles. The number of carbonyl (C=O) groups is 2. The SMILES string of the molecule is COC(=O)CCC(NCCC(C)C)C(=O)c1cccs1. The Morgan fingerprint density at radius 2 is 2.10 bits per heavy atom. The highest BCUT2D eigenvalue weighted by Gasteiger charge is 2.21. The predicted molar refractivity (Wildman–Crippen MR) is 81.1 cm³/mol. The molecule has 0 bridgehead atoms. The van der Waals surface area contributed by atoms with Crippen LogP contribution in [0.25, 0.3) is 0 Å². The van der Waals surface area contributed by atoms with Gasteiger partial charge in [-0.3, -0.25) is 9.59 Å². The minimum Gasteiger partial charge on any atom is -0.469 e. The van der Waals surface area contributed by atoms with Crippen LogP contribution in [0.3, 0.4) is 0 Å². The van der Waals surface area contributed by atoms with Crippen LogP contribution in [0.4, 0.5) is 0 Å². The Morgan fingerprint density at radius 3 is 2.65 bits per heavy atom. The highest BCUT2D eigenvalue weighted by Crippen LogP contribution is 2.14. The summed E-state index contributed by atoms with van der Waals surface area (Å²) in [5.74, 6) is 0.368. The number of Topliss-reactive ketones (excluding diaryl/α,β-unsaturated/α-hetero) is 1. The second kappa shape index (κ2) is 8.87. The lowest BCUT2D eigenvalue weighted by Crippen LogP contribution is -2.38. The molecule has 1 N–H and O–H groups in total. The van der Waals surface area contributed by atoms with E-state index in [-0.39, 0.29) is 24.2 Å². The van der Waals surface area contributed by atoms with Gasteiger partial charge in [0.25, 0.3) is 0 Å². The minimum absolute atomic E-state index is 0.0626. The number of ketones is 1. The Morgan fingerprint density at radius 1 is 1.35 bits per heavy atom. The number of thiophene rings is 1. The zero-order valence-electron chi connectivity index (χ0n) is 12.3. The maximum absolute atomic E-state index is 12.4. The Labute approximate surface area is 124 Å². The number of carbonyl (C=O) groups excluding carboxylic acids is 2. The molecule has 0 fully saturated rings. The van der Waals surface area contributed by atoms with Crippen LogP contribution >= 0.6 is 11.3 Å². The summed E-state index contributed by atoms with van der Waals surface area (Å²) in [5.41, 5.74) is 0. The second-order valence-corrected chi connectivity index (χ2v) is 6.09. The average molecular weight is 297 g/mol. The van der Waals surface area contributed by atoms with Gasteiger partial charge in [0, 0.05) is 6.42 Å². The topological polar surface area (TPSA) is 55.4 Å². The zero-order valence-corrected chi connectivity index (χ0v) is 13.2. The highest BCUT2D eigenvalue weighted by molar-refractivity contribution is 7.12. The third-order valence-corrected chi connectivity index (χ3v) is 3.94. The van der Waals surface area contributed by atoms with Crippen LogP contribution in [0.2, 0.25) is 0 Å². The van der Waals surface area contributed by atoms with Gasteiger partial charge in [-0.2, -0.15) is 0 Å². The van der Waals surface area contributed by atoms with E-state index < -0.39 is 0 Å². The van der Waals surface area contributed by atoms with Gasteiger partial charge < -0.3 is 10.1 Å². The van der Waals surface area contributed by atoms with Crippen molar-refractivity contribution < 1.29 is 14.3 Å². The second-order valence-electron chi connectivity index (χ2n) is 5.15. The van der Waals surface area contributed by atoms with Gasteiger partial charge >= 0.3 is 5.97 Å². The first kappa shape index (κ1) is 16.9.